The molecule has 0 aromatic heterocycles. The second-order valence-corrected chi connectivity index (χ2v) is 8.40. The molecule has 1 nitrogen and oxygen atoms in total. The van der Waals surface area contributed by atoms with Crippen molar-refractivity contribution in [1.82, 2.24) is 0 Å². The van der Waals surface area contributed by atoms with Gasteiger partial charge in [-0.2, -0.15) is 0 Å². The van der Waals surface area contributed by atoms with E-state index in [1.807, 2.05) is 0 Å². The number of hydrogen-bond acceptors (Lipinski definition) is 1. The summed E-state index contributed by atoms with van der Waals surface area (Å²) in [6.45, 7) is 6.66. The van der Waals surface area contributed by atoms with Crippen LogP contribution in [-0.2, 0) is 12.8 Å². The lowest BCUT2D eigenvalue weighted by Crippen LogP contribution is -2.31. The molecule has 1 heteroatoms. The van der Waals surface area contributed by atoms with Gasteiger partial charge < -0.3 is 0 Å². The Hall–Kier alpha value is -2.41. The van der Waals surface area contributed by atoms with Gasteiger partial charge >= 0.3 is 0 Å². The summed E-state index contributed by atoms with van der Waals surface area (Å²) in [6, 6.07) is 15.3. The summed E-state index contributed by atoms with van der Waals surface area (Å²) in [5.74, 6) is 0.329. The lowest BCUT2D eigenvalue weighted by Gasteiger charge is -2.36. The molecule has 0 spiro atoms. The highest BCUT2D eigenvalue weighted by Gasteiger charge is 2.35. The molecule has 0 heterocycles. The molecule has 2 aliphatic carbocycles. The molecule has 4 rings (SSSR count). The number of rotatable bonds is 5. The molecule has 0 unspecified atom stereocenters. The summed E-state index contributed by atoms with van der Waals surface area (Å²) in [4.78, 5) is 12.9. The van der Waals surface area contributed by atoms with E-state index in [1.165, 1.54) is 33.4 Å². The molecule has 0 saturated heterocycles. The van der Waals surface area contributed by atoms with E-state index >= 15 is 0 Å². The fraction of sp³-hybridized carbons (Fsp3) is 0.370. The highest BCUT2D eigenvalue weighted by Crippen LogP contribution is 2.42. The summed E-state index contributed by atoms with van der Waals surface area (Å²) in [6.07, 6.45) is 10.5. The summed E-state index contributed by atoms with van der Waals surface area (Å²) in [7, 11) is 0. The van der Waals surface area contributed by atoms with Crippen molar-refractivity contribution in [2.45, 2.75) is 59.3 Å². The summed E-state index contributed by atoms with van der Waals surface area (Å²) < 4.78 is 0. The monoisotopic (exact) mass is 370 g/mol. The van der Waals surface area contributed by atoms with Crippen LogP contribution in [0.5, 0.6) is 0 Å². The molecule has 0 saturated carbocycles. The first-order valence-electron chi connectivity index (χ1n) is 10.7. The Morgan fingerprint density at radius 1 is 0.929 bits per heavy atom. The lowest BCUT2D eigenvalue weighted by atomic mass is 9.67. The van der Waals surface area contributed by atoms with Crippen LogP contribution in [0.4, 0.5) is 0 Å². The van der Waals surface area contributed by atoms with Crippen LogP contribution < -0.4 is 0 Å². The standard InChI is InChI=1S/C27H30O/c1-4-19-9-7-8-10-24(19)22-13-11-20(15-22)21-12-14-23-17-27(5-2,6-3)18-26(28)25(23)16-21/h7-10,12-16H,4-6,11,17-18H2,1-3H3. The van der Waals surface area contributed by atoms with Crippen LogP contribution >= 0.6 is 0 Å². The number of benzene rings is 2. The fourth-order valence-electron chi connectivity index (χ4n) is 4.87. The van der Waals surface area contributed by atoms with E-state index in [2.05, 4.69) is 75.4 Å². The minimum atomic E-state index is 0.164. The van der Waals surface area contributed by atoms with Crippen molar-refractivity contribution >= 4 is 16.9 Å². The first-order chi connectivity index (χ1) is 13.6. The van der Waals surface area contributed by atoms with Crippen molar-refractivity contribution in [3.8, 4) is 0 Å². The topological polar surface area (TPSA) is 17.1 Å². The Bertz CT molecular complexity index is 970. The Labute approximate surface area is 169 Å². The maximum absolute atomic E-state index is 12.9. The Morgan fingerprint density at radius 2 is 1.71 bits per heavy atom. The zero-order valence-corrected chi connectivity index (χ0v) is 17.3. The van der Waals surface area contributed by atoms with E-state index in [0.717, 1.165) is 37.7 Å². The van der Waals surface area contributed by atoms with Crippen molar-refractivity contribution in [1.29, 1.82) is 0 Å². The number of fused-ring (bicyclic) bond motifs is 1. The van der Waals surface area contributed by atoms with Gasteiger partial charge in [-0.05, 0) is 77.0 Å². The van der Waals surface area contributed by atoms with Crippen LogP contribution in [0, 0.1) is 5.41 Å². The molecular formula is C27H30O. The van der Waals surface area contributed by atoms with Gasteiger partial charge in [-0.15, -0.1) is 0 Å². The fourth-order valence-corrected chi connectivity index (χ4v) is 4.87. The zero-order chi connectivity index (χ0) is 19.7. The largest absolute Gasteiger partial charge is 0.294 e. The van der Waals surface area contributed by atoms with Crippen LogP contribution in [0.3, 0.4) is 0 Å². The van der Waals surface area contributed by atoms with Gasteiger partial charge in [0.05, 0.1) is 0 Å². The first kappa shape index (κ1) is 18.9. The SMILES string of the molecule is CCc1ccccc1C1=CCC(c2ccc3c(c2)C(=O)CC(CC)(CC)C3)=C1. The quantitative estimate of drug-likeness (QED) is 0.551. The number of carbonyl (C=O) groups excluding carboxylic acids is 1. The van der Waals surface area contributed by atoms with E-state index in [-0.39, 0.29) is 5.41 Å². The summed E-state index contributed by atoms with van der Waals surface area (Å²) in [5.41, 5.74) is 8.92. The molecule has 0 bridgehead atoms. The number of allylic oxidation sites excluding steroid dienone is 4. The predicted molar refractivity (Wildman–Crippen MR) is 118 cm³/mol. The number of Topliss-reactive ketones (excluding diaryl/α,β-unsaturated/α-hetero) is 1. The first-order valence-corrected chi connectivity index (χ1v) is 10.7. The van der Waals surface area contributed by atoms with Crippen molar-refractivity contribution in [2.75, 3.05) is 0 Å². The van der Waals surface area contributed by atoms with Crippen molar-refractivity contribution in [2.24, 2.45) is 5.41 Å². The van der Waals surface area contributed by atoms with Gasteiger partial charge in [-0.3, -0.25) is 4.79 Å². The van der Waals surface area contributed by atoms with Gasteiger partial charge in [0.25, 0.3) is 0 Å². The maximum atomic E-state index is 12.9. The second-order valence-electron chi connectivity index (χ2n) is 8.40. The zero-order valence-electron chi connectivity index (χ0n) is 17.3. The highest BCUT2D eigenvalue weighted by atomic mass is 16.1. The van der Waals surface area contributed by atoms with Crippen molar-refractivity contribution < 1.29 is 4.79 Å². The smallest absolute Gasteiger partial charge is 0.163 e. The summed E-state index contributed by atoms with van der Waals surface area (Å²) >= 11 is 0. The van der Waals surface area contributed by atoms with E-state index in [9.17, 15) is 4.79 Å². The van der Waals surface area contributed by atoms with Crippen LogP contribution in [0.1, 0.15) is 79.1 Å². The van der Waals surface area contributed by atoms with Gasteiger partial charge in [0.2, 0.25) is 0 Å². The molecule has 144 valence electrons. The number of hydrogen-bond donors (Lipinski definition) is 0. The minimum absolute atomic E-state index is 0.164. The Kier molecular flexibility index (Phi) is 5.10. The summed E-state index contributed by atoms with van der Waals surface area (Å²) in [5, 5.41) is 0. The van der Waals surface area contributed by atoms with Gasteiger partial charge in [-0.1, -0.05) is 69.3 Å². The Morgan fingerprint density at radius 3 is 2.46 bits per heavy atom. The van der Waals surface area contributed by atoms with Gasteiger partial charge in [0.15, 0.2) is 5.78 Å². The molecule has 2 aromatic carbocycles. The molecule has 2 aromatic rings. The highest BCUT2D eigenvalue weighted by molar-refractivity contribution is 6.00. The number of ketones is 1. The van der Waals surface area contributed by atoms with Crippen LogP contribution in [0.25, 0.3) is 11.1 Å². The average Bonchev–Trinajstić information content (AvgIpc) is 3.23. The molecule has 0 atom stereocenters. The molecular weight excluding hydrogens is 340 g/mol. The van der Waals surface area contributed by atoms with E-state index in [1.54, 1.807) is 0 Å². The van der Waals surface area contributed by atoms with E-state index in [4.69, 9.17) is 0 Å². The molecule has 0 amide bonds. The third-order valence-electron chi connectivity index (χ3n) is 6.96. The maximum Gasteiger partial charge on any atom is 0.163 e. The third kappa shape index (κ3) is 3.28. The molecule has 0 radical (unpaired) electrons. The predicted octanol–water partition coefficient (Wildman–Crippen LogP) is 7.06. The van der Waals surface area contributed by atoms with E-state index < -0.39 is 0 Å². The molecule has 2 aliphatic rings. The van der Waals surface area contributed by atoms with Crippen molar-refractivity contribution in [3.05, 3.63) is 82.4 Å². The molecule has 0 aliphatic heterocycles. The minimum Gasteiger partial charge on any atom is -0.294 e. The second kappa shape index (κ2) is 7.54. The number of aryl methyl sites for hydroxylation is 1. The van der Waals surface area contributed by atoms with Gasteiger partial charge in [0, 0.05) is 12.0 Å². The van der Waals surface area contributed by atoms with Gasteiger partial charge in [0.1, 0.15) is 0 Å². The third-order valence-corrected chi connectivity index (χ3v) is 6.96. The van der Waals surface area contributed by atoms with Crippen LogP contribution in [0.15, 0.2) is 54.6 Å². The average molecular weight is 371 g/mol. The van der Waals surface area contributed by atoms with Crippen molar-refractivity contribution in [3.63, 3.8) is 0 Å². The van der Waals surface area contributed by atoms with Crippen LogP contribution in [-0.4, -0.2) is 5.78 Å². The molecule has 0 N–H and O–H groups in total. The number of carbonyl (C=O) groups is 1. The molecule has 28 heavy (non-hydrogen) atoms. The van der Waals surface area contributed by atoms with Gasteiger partial charge in [-0.25, -0.2) is 0 Å². The van der Waals surface area contributed by atoms with E-state index in [0.29, 0.717) is 12.2 Å². The van der Waals surface area contributed by atoms with Crippen LogP contribution in [0.2, 0.25) is 0 Å². The Balaban J connectivity index is 1.64. The lowest BCUT2D eigenvalue weighted by molar-refractivity contribution is 0.0871. The molecule has 0 fully saturated rings. The normalized spacial score (nSPS) is 17.9.